The van der Waals surface area contributed by atoms with Crippen LogP contribution in [-0.2, 0) is 9.59 Å². The van der Waals surface area contributed by atoms with E-state index in [9.17, 15) is 9.59 Å². The fraction of sp³-hybridized carbons (Fsp3) is 0.800. The third kappa shape index (κ3) is 2.29. The van der Waals surface area contributed by atoms with Crippen LogP contribution in [-0.4, -0.2) is 16.9 Å². The Morgan fingerprint density at radius 2 is 1.77 bits per heavy atom. The minimum Gasteiger partial charge on any atom is -0.481 e. The first-order valence-electron chi connectivity index (χ1n) is 4.92. The van der Waals surface area contributed by atoms with Gasteiger partial charge in [0, 0.05) is 12.3 Å². The molecule has 0 unspecified atom stereocenters. The molecule has 3 heteroatoms. The van der Waals surface area contributed by atoms with Crippen molar-refractivity contribution in [2.24, 2.45) is 11.8 Å². The predicted octanol–water partition coefficient (Wildman–Crippen LogP) is 1.86. The number of carboxylic acids is 1. The van der Waals surface area contributed by atoms with E-state index in [1.54, 1.807) is 6.92 Å². The zero-order valence-corrected chi connectivity index (χ0v) is 7.95. The molecule has 1 aliphatic rings. The van der Waals surface area contributed by atoms with Gasteiger partial charge in [0.05, 0.1) is 5.92 Å². The van der Waals surface area contributed by atoms with Gasteiger partial charge < -0.3 is 5.11 Å². The van der Waals surface area contributed by atoms with Crippen molar-refractivity contribution < 1.29 is 14.7 Å². The van der Waals surface area contributed by atoms with Gasteiger partial charge in [0.2, 0.25) is 0 Å². The zero-order chi connectivity index (χ0) is 9.84. The molecule has 1 fully saturated rings. The quantitative estimate of drug-likeness (QED) is 0.728. The highest BCUT2D eigenvalue weighted by molar-refractivity contribution is 5.86. The fourth-order valence-corrected chi connectivity index (χ4v) is 2.07. The third-order valence-corrected chi connectivity index (χ3v) is 2.85. The number of carboxylic acid groups (broad SMARTS) is 1. The Labute approximate surface area is 78.1 Å². The Balaban J connectivity index is 2.67. The van der Waals surface area contributed by atoms with Gasteiger partial charge >= 0.3 is 5.97 Å². The molecule has 0 spiro atoms. The molecule has 0 heterocycles. The molecule has 1 N–H and O–H groups in total. The lowest BCUT2D eigenvalue weighted by atomic mass is 9.76. The summed E-state index contributed by atoms with van der Waals surface area (Å²) in [5, 5.41) is 8.90. The van der Waals surface area contributed by atoms with E-state index >= 15 is 0 Å². The van der Waals surface area contributed by atoms with Crippen molar-refractivity contribution in [1.29, 1.82) is 0 Å². The standard InChI is InChI=1S/C10H16O3/c1-2-9(11)7-5-3-4-6-8(7)10(12)13/h7-8H,2-6H2,1H3,(H,12,13)/t7-,8-/m1/s1. The normalized spacial score (nSPS) is 28.4. The van der Waals surface area contributed by atoms with E-state index in [0.717, 1.165) is 19.3 Å². The summed E-state index contributed by atoms with van der Waals surface area (Å²) in [6, 6.07) is 0. The molecule has 13 heavy (non-hydrogen) atoms. The van der Waals surface area contributed by atoms with Crippen LogP contribution in [0.4, 0.5) is 0 Å². The monoisotopic (exact) mass is 184 g/mol. The maximum Gasteiger partial charge on any atom is 0.307 e. The van der Waals surface area contributed by atoms with E-state index in [0.29, 0.717) is 12.8 Å². The fourth-order valence-electron chi connectivity index (χ4n) is 2.07. The van der Waals surface area contributed by atoms with Gasteiger partial charge in [0.25, 0.3) is 0 Å². The average molecular weight is 184 g/mol. The van der Waals surface area contributed by atoms with Gasteiger partial charge in [-0.2, -0.15) is 0 Å². The van der Waals surface area contributed by atoms with Crippen molar-refractivity contribution in [3.05, 3.63) is 0 Å². The minimum absolute atomic E-state index is 0.118. The van der Waals surface area contributed by atoms with Crippen molar-refractivity contribution in [2.45, 2.75) is 39.0 Å². The lowest BCUT2D eigenvalue weighted by Crippen LogP contribution is -2.32. The van der Waals surface area contributed by atoms with E-state index in [1.165, 1.54) is 0 Å². The summed E-state index contributed by atoms with van der Waals surface area (Å²) in [5.41, 5.74) is 0. The molecule has 0 bridgehead atoms. The predicted molar refractivity (Wildman–Crippen MR) is 48.4 cm³/mol. The molecule has 0 saturated heterocycles. The molecule has 74 valence electrons. The van der Waals surface area contributed by atoms with Crippen molar-refractivity contribution >= 4 is 11.8 Å². The van der Waals surface area contributed by atoms with Gasteiger partial charge in [-0.05, 0) is 12.8 Å². The molecular weight excluding hydrogens is 168 g/mol. The number of carbonyl (C=O) groups excluding carboxylic acids is 1. The number of aliphatic carboxylic acids is 1. The zero-order valence-electron chi connectivity index (χ0n) is 7.95. The van der Waals surface area contributed by atoms with Crippen molar-refractivity contribution in [3.8, 4) is 0 Å². The maximum absolute atomic E-state index is 11.4. The molecule has 3 nitrogen and oxygen atoms in total. The number of hydrogen-bond donors (Lipinski definition) is 1. The number of rotatable bonds is 3. The topological polar surface area (TPSA) is 54.4 Å². The van der Waals surface area contributed by atoms with Crippen LogP contribution in [0.5, 0.6) is 0 Å². The first-order valence-corrected chi connectivity index (χ1v) is 4.92. The van der Waals surface area contributed by atoms with E-state index in [1.807, 2.05) is 0 Å². The van der Waals surface area contributed by atoms with Crippen LogP contribution in [0, 0.1) is 11.8 Å². The Kier molecular flexibility index (Phi) is 3.46. The second kappa shape index (κ2) is 4.40. The summed E-state index contributed by atoms with van der Waals surface area (Å²) in [4.78, 5) is 22.3. The van der Waals surface area contributed by atoms with Crippen LogP contribution in [0.25, 0.3) is 0 Å². The second-order valence-electron chi connectivity index (χ2n) is 3.66. The van der Waals surface area contributed by atoms with E-state index in [4.69, 9.17) is 5.11 Å². The van der Waals surface area contributed by atoms with Gasteiger partial charge in [0.15, 0.2) is 0 Å². The van der Waals surface area contributed by atoms with Crippen LogP contribution in [0.2, 0.25) is 0 Å². The van der Waals surface area contributed by atoms with Crippen LogP contribution in [0.3, 0.4) is 0 Å². The molecule has 0 radical (unpaired) electrons. The Hall–Kier alpha value is -0.860. The molecule has 1 rings (SSSR count). The molecule has 1 aliphatic carbocycles. The first kappa shape index (κ1) is 10.2. The molecular formula is C10H16O3. The number of carbonyl (C=O) groups is 2. The van der Waals surface area contributed by atoms with Crippen LogP contribution in [0.15, 0.2) is 0 Å². The summed E-state index contributed by atoms with van der Waals surface area (Å²) in [6.07, 6.45) is 3.86. The van der Waals surface area contributed by atoms with Gasteiger partial charge in [-0.25, -0.2) is 0 Å². The summed E-state index contributed by atoms with van der Waals surface area (Å²) < 4.78 is 0. The molecule has 0 aliphatic heterocycles. The highest BCUT2D eigenvalue weighted by Crippen LogP contribution is 2.31. The number of ketones is 1. The number of Topliss-reactive ketones (excluding diaryl/α,β-unsaturated/α-hetero) is 1. The molecule has 1 saturated carbocycles. The molecule has 0 amide bonds. The lowest BCUT2D eigenvalue weighted by molar-refractivity contribution is -0.148. The highest BCUT2D eigenvalue weighted by Gasteiger charge is 2.34. The van der Waals surface area contributed by atoms with Gasteiger partial charge in [-0.1, -0.05) is 19.8 Å². The first-order chi connectivity index (χ1) is 6.16. The van der Waals surface area contributed by atoms with Crippen molar-refractivity contribution in [1.82, 2.24) is 0 Å². The van der Waals surface area contributed by atoms with Gasteiger partial charge in [-0.15, -0.1) is 0 Å². The van der Waals surface area contributed by atoms with Crippen molar-refractivity contribution in [2.75, 3.05) is 0 Å². The second-order valence-corrected chi connectivity index (χ2v) is 3.66. The summed E-state index contributed by atoms with van der Waals surface area (Å²) >= 11 is 0. The summed E-state index contributed by atoms with van der Waals surface area (Å²) in [7, 11) is 0. The van der Waals surface area contributed by atoms with Crippen LogP contribution >= 0.6 is 0 Å². The van der Waals surface area contributed by atoms with Gasteiger partial charge in [-0.3, -0.25) is 9.59 Å². The average Bonchev–Trinajstić information content (AvgIpc) is 2.16. The minimum atomic E-state index is -0.800. The molecule has 0 aromatic heterocycles. The summed E-state index contributed by atoms with van der Waals surface area (Å²) in [6.45, 7) is 1.80. The summed E-state index contributed by atoms with van der Waals surface area (Å²) in [5.74, 6) is -1.31. The molecule has 2 atom stereocenters. The Morgan fingerprint density at radius 3 is 2.23 bits per heavy atom. The van der Waals surface area contributed by atoms with Gasteiger partial charge in [0.1, 0.15) is 5.78 Å². The van der Waals surface area contributed by atoms with Crippen molar-refractivity contribution in [3.63, 3.8) is 0 Å². The maximum atomic E-state index is 11.4. The lowest BCUT2D eigenvalue weighted by Gasteiger charge is -2.26. The highest BCUT2D eigenvalue weighted by atomic mass is 16.4. The Morgan fingerprint density at radius 1 is 1.23 bits per heavy atom. The SMILES string of the molecule is CCC(=O)[C@@H]1CCCC[C@H]1C(=O)O. The van der Waals surface area contributed by atoms with E-state index < -0.39 is 11.9 Å². The molecule has 0 aromatic rings. The smallest absolute Gasteiger partial charge is 0.307 e. The third-order valence-electron chi connectivity index (χ3n) is 2.85. The van der Waals surface area contributed by atoms with Crippen LogP contribution < -0.4 is 0 Å². The van der Waals surface area contributed by atoms with E-state index in [2.05, 4.69) is 0 Å². The largest absolute Gasteiger partial charge is 0.481 e. The Bertz CT molecular complexity index is 210. The van der Waals surface area contributed by atoms with Crippen LogP contribution in [0.1, 0.15) is 39.0 Å². The number of hydrogen-bond acceptors (Lipinski definition) is 2. The van der Waals surface area contributed by atoms with E-state index in [-0.39, 0.29) is 11.7 Å². The molecule has 0 aromatic carbocycles.